The van der Waals surface area contributed by atoms with E-state index in [9.17, 15) is 14.4 Å². The Kier molecular flexibility index (Phi) is 5.91. The number of nitrogens with one attached hydrogen (secondary N) is 1. The number of carbonyl (C=O) groups is 1. The van der Waals surface area contributed by atoms with E-state index in [1.54, 1.807) is 60.1 Å². The molecular weight excluding hydrogens is 420 g/mol. The van der Waals surface area contributed by atoms with E-state index >= 15 is 0 Å². The molecule has 0 aliphatic rings. The van der Waals surface area contributed by atoms with Gasteiger partial charge in [0.1, 0.15) is 17.8 Å². The summed E-state index contributed by atoms with van der Waals surface area (Å²) in [5.41, 5.74) is 2.59. The quantitative estimate of drug-likeness (QED) is 0.493. The number of aromatic nitrogens is 3. The van der Waals surface area contributed by atoms with E-state index in [-0.39, 0.29) is 12.5 Å². The highest BCUT2D eigenvalue weighted by Crippen LogP contribution is 2.17. The van der Waals surface area contributed by atoms with Crippen molar-refractivity contribution in [2.24, 2.45) is 7.05 Å². The maximum absolute atomic E-state index is 13.5. The number of hydrogen-bond acceptors (Lipinski definition) is 4. The van der Waals surface area contributed by atoms with Crippen LogP contribution in [0.5, 0.6) is 5.75 Å². The molecule has 0 unspecified atom stereocenters. The number of rotatable bonds is 6. The van der Waals surface area contributed by atoms with Gasteiger partial charge in [0.25, 0.3) is 5.56 Å². The smallest absolute Gasteiger partial charge is 0.336 e. The van der Waals surface area contributed by atoms with Crippen LogP contribution in [-0.4, -0.2) is 26.2 Å². The number of nitrogens with zero attached hydrogens (tertiary/aromatic N) is 3. The van der Waals surface area contributed by atoms with Gasteiger partial charge in [-0.2, -0.15) is 0 Å². The summed E-state index contributed by atoms with van der Waals surface area (Å²) < 4.78 is 9.63. The fraction of sp³-hybridized carbons (Fsp3) is 0.240. The minimum Gasteiger partial charge on any atom is -0.494 e. The largest absolute Gasteiger partial charge is 0.494 e. The molecule has 0 fully saturated rings. The molecule has 8 nitrogen and oxygen atoms in total. The third kappa shape index (κ3) is 4.19. The highest BCUT2D eigenvalue weighted by molar-refractivity contribution is 5.91. The summed E-state index contributed by atoms with van der Waals surface area (Å²) >= 11 is 0. The molecule has 0 aliphatic carbocycles. The molecule has 2 aromatic carbocycles. The molecule has 0 bridgehead atoms. The lowest BCUT2D eigenvalue weighted by Gasteiger charge is -2.13. The van der Waals surface area contributed by atoms with E-state index in [4.69, 9.17) is 4.74 Å². The number of anilines is 1. The van der Waals surface area contributed by atoms with E-state index in [0.29, 0.717) is 34.8 Å². The first-order valence-electron chi connectivity index (χ1n) is 10.7. The normalized spacial score (nSPS) is 11.0. The number of benzene rings is 2. The average molecular weight is 447 g/mol. The van der Waals surface area contributed by atoms with Gasteiger partial charge in [-0.1, -0.05) is 12.1 Å². The zero-order chi connectivity index (χ0) is 23.7. The van der Waals surface area contributed by atoms with Crippen molar-refractivity contribution < 1.29 is 9.53 Å². The van der Waals surface area contributed by atoms with Crippen LogP contribution in [0.1, 0.15) is 18.2 Å². The minimum atomic E-state index is -0.564. The Morgan fingerprint density at radius 1 is 1.03 bits per heavy atom. The maximum Gasteiger partial charge on any atom is 0.336 e. The zero-order valence-corrected chi connectivity index (χ0v) is 19.1. The Balaban J connectivity index is 1.78. The van der Waals surface area contributed by atoms with Crippen molar-refractivity contribution in [3.8, 4) is 11.4 Å². The van der Waals surface area contributed by atoms with Gasteiger partial charge in [-0.25, -0.2) is 9.36 Å². The fourth-order valence-electron chi connectivity index (χ4n) is 3.88. The minimum absolute atomic E-state index is 0.238. The van der Waals surface area contributed by atoms with Gasteiger partial charge in [-0.15, -0.1) is 0 Å². The molecular formula is C25H26N4O4. The first-order valence-corrected chi connectivity index (χ1v) is 10.7. The van der Waals surface area contributed by atoms with Crippen LogP contribution in [0.3, 0.4) is 0 Å². The number of ether oxygens (including phenoxy) is 1. The second kappa shape index (κ2) is 8.82. The number of carbonyl (C=O) groups excluding carboxylic acids is 1. The van der Waals surface area contributed by atoms with Gasteiger partial charge in [0, 0.05) is 18.4 Å². The molecule has 0 saturated heterocycles. The van der Waals surface area contributed by atoms with Crippen LogP contribution in [0.15, 0.2) is 64.2 Å². The van der Waals surface area contributed by atoms with Crippen molar-refractivity contribution >= 4 is 22.6 Å². The number of aryl methyl sites for hydroxylation is 3. The molecule has 4 aromatic rings. The summed E-state index contributed by atoms with van der Waals surface area (Å²) in [4.78, 5) is 39.7. The van der Waals surface area contributed by atoms with E-state index in [2.05, 4.69) is 5.32 Å². The van der Waals surface area contributed by atoms with Gasteiger partial charge in [0.05, 0.1) is 17.8 Å². The summed E-state index contributed by atoms with van der Waals surface area (Å²) in [7, 11) is 1.77. The fourth-order valence-corrected chi connectivity index (χ4v) is 3.88. The van der Waals surface area contributed by atoms with Gasteiger partial charge < -0.3 is 14.6 Å². The summed E-state index contributed by atoms with van der Waals surface area (Å²) in [6, 6.07) is 15.9. The molecule has 170 valence electrons. The van der Waals surface area contributed by atoms with Gasteiger partial charge >= 0.3 is 5.69 Å². The summed E-state index contributed by atoms with van der Waals surface area (Å²) in [6.07, 6.45) is 0. The van der Waals surface area contributed by atoms with Crippen LogP contribution >= 0.6 is 0 Å². The van der Waals surface area contributed by atoms with Crippen molar-refractivity contribution in [3.63, 3.8) is 0 Å². The third-order valence-corrected chi connectivity index (χ3v) is 5.58. The Labute approximate surface area is 190 Å². The van der Waals surface area contributed by atoms with Gasteiger partial charge in [-0.3, -0.25) is 14.2 Å². The van der Waals surface area contributed by atoms with Crippen LogP contribution < -0.4 is 21.3 Å². The average Bonchev–Trinajstić information content (AvgIpc) is 3.07. The third-order valence-electron chi connectivity index (χ3n) is 5.58. The predicted octanol–water partition coefficient (Wildman–Crippen LogP) is 3.15. The molecule has 1 amide bonds. The SMILES string of the molecule is CCOc1ccc(NC(=O)Cn2c(=O)n(-c3cccc(C)c3)c(=O)c3c2cc(C)n3C)cc1. The standard InChI is InChI=1S/C25H26N4O4/c1-5-33-20-11-9-18(10-12-20)26-22(30)15-28-21-14-17(3)27(4)23(21)24(31)29(25(28)32)19-8-6-7-16(2)13-19/h6-14H,5,15H2,1-4H3,(H,26,30). The number of fused-ring (bicyclic) bond motifs is 1. The van der Waals surface area contributed by atoms with Crippen molar-refractivity contribution in [2.45, 2.75) is 27.3 Å². The molecule has 8 heteroatoms. The van der Waals surface area contributed by atoms with Crippen LogP contribution in [0.4, 0.5) is 5.69 Å². The molecule has 2 aromatic heterocycles. The second-order valence-electron chi connectivity index (χ2n) is 7.93. The Morgan fingerprint density at radius 3 is 2.42 bits per heavy atom. The van der Waals surface area contributed by atoms with Crippen LogP contribution in [0.2, 0.25) is 0 Å². The first kappa shape index (κ1) is 22.1. The van der Waals surface area contributed by atoms with Crippen molar-refractivity contribution in [2.75, 3.05) is 11.9 Å². The van der Waals surface area contributed by atoms with E-state index in [1.807, 2.05) is 26.8 Å². The zero-order valence-electron chi connectivity index (χ0n) is 19.1. The molecule has 1 N–H and O–H groups in total. The van der Waals surface area contributed by atoms with E-state index in [1.165, 1.54) is 4.57 Å². The summed E-state index contributed by atoms with van der Waals surface area (Å²) in [5.74, 6) is 0.330. The lowest BCUT2D eigenvalue weighted by atomic mass is 10.2. The van der Waals surface area contributed by atoms with Crippen molar-refractivity contribution in [1.29, 1.82) is 0 Å². The lowest BCUT2D eigenvalue weighted by Crippen LogP contribution is -2.41. The van der Waals surface area contributed by atoms with Gasteiger partial charge in [0.2, 0.25) is 5.91 Å². The van der Waals surface area contributed by atoms with Gasteiger partial charge in [-0.05, 0) is 68.8 Å². The van der Waals surface area contributed by atoms with E-state index in [0.717, 1.165) is 15.8 Å². The number of amides is 1. The number of hydrogen-bond donors (Lipinski definition) is 1. The highest BCUT2D eigenvalue weighted by atomic mass is 16.5. The Bertz CT molecular complexity index is 1460. The van der Waals surface area contributed by atoms with Gasteiger partial charge in [0.15, 0.2) is 0 Å². The first-order chi connectivity index (χ1) is 15.8. The molecule has 0 radical (unpaired) electrons. The van der Waals surface area contributed by atoms with E-state index < -0.39 is 11.2 Å². The molecule has 0 spiro atoms. The molecule has 2 heterocycles. The summed E-state index contributed by atoms with van der Waals surface area (Å²) in [6.45, 7) is 5.96. The summed E-state index contributed by atoms with van der Waals surface area (Å²) in [5, 5.41) is 2.81. The van der Waals surface area contributed by atoms with Crippen molar-refractivity contribution in [3.05, 3.63) is 86.7 Å². The molecule has 33 heavy (non-hydrogen) atoms. The highest BCUT2D eigenvalue weighted by Gasteiger charge is 2.20. The monoisotopic (exact) mass is 446 g/mol. The van der Waals surface area contributed by atoms with Crippen LogP contribution in [-0.2, 0) is 18.4 Å². The molecule has 4 rings (SSSR count). The molecule has 0 saturated carbocycles. The molecule has 0 atom stereocenters. The van der Waals surface area contributed by atoms with Crippen LogP contribution in [0.25, 0.3) is 16.7 Å². The Morgan fingerprint density at radius 2 is 1.76 bits per heavy atom. The topological polar surface area (TPSA) is 87.3 Å². The predicted molar refractivity (Wildman–Crippen MR) is 128 cm³/mol. The van der Waals surface area contributed by atoms with Crippen LogP contribution in [0, 0.1) is 13.8 Å². The maximum atomic E-state index is 13.5. The lowest BCUT2D eigenvalue weighted by molar-refractivity contribution is -0.116. The Hall–Kier alpha value is -4.07. The second-order valence-corrected chi connectivity index (χ2v) is 7.93. The molecule has 0 aliphatic heterocycles. The van der Waals surface area contributed by atoms with Crippen molar-refractivity contribution in [1.82, 2.24) is 13.7 Å².